The van der Waals surface area contributed by atoms with Crippen molar-refractivity contribution in [2.45, 2.75) is 31.1 Å². The molecule has 0 aliphatic carbocycles. The maximum Gasteiger partial charge on any atom is 0.243 e. The molecule has 2 aromatic rings. The summed E-state index contributed by atoms with van der Waals surface area (Å²) in [6, 6.07) is 15.2. The Bertz CT molecular complexity index is 965. The highest BCUT2D eigenvalue weighted by molar-refractivity contribution is 7.89. The Morgan fingerprint density at radius 2 is 1.80 bits per heavy atom. The Balaban J connectivity index is 1.80. The number of nitrogens with zero attached hydrogens (tertiary/aromatic N) is 2. The van der Waals surface area contributed by atoms with Gasteiger partial charge in [-0.25, -0.2) is 8.42 Å². The number of amides is 1. The van der Waals surface area contributed by atoms with Gasteiger partial charge in [0.25, 0.3) is 0 Å². The molecule has 1 amide bonds. The van der Waals surface area contributed by atoms with Gasteiger partial charge in [0, 0.05) is 13.6 Å². The first-order valence-electron chi connectivity index (χ1n) is 9.81. The van der Waals surface area contributed by atoms with Crippen LogP contribution >= 0.6 is 0 Å². The molecule has 0 aliphatic heterocycles. The van der Waals surface area contributed by atoms with Crippen molar-refractivity contribution in [1.29, 1.82) is 5.26 Å². The van der Waals surface area contributed by atoms with E-state index in [0.29, 0.717) is 25.1 Å². The molecule has 0 aliphatic rings. The van der Waals surface area contributed by atoms with Crippen molar-refractivity contribution in [2.75, 3.05) is 26.7 Å². The van der Waals surface area contributed by atoms with Gasteiger partial charge in [0.15, 0.2) is 0 Å². The highest BCUT2D eigenvalue weighted by Crippen LogP contribution is 2.15. The largest absolute Gasteiger partial charge is 0.494 e. The molecule has 0 unspecified atom stereocenters. The summed E-state index contributed by atoms with van der Waals surface area (Å²) in [4.78, 5) is 12.2. The Morgan fingerprint density at radius 3 is 2.40 bits per heavy atom. The molecular formula is C22H27N3O4S. The number of carbonyl (C=O) groups excluding carboxylic acids is 1. The van der Waals surface area contributed by atoms with Crippen molar-refractivity contribution in [3.05, 3.63) is 59.7 Å². The number of ether oxygens (including phenoxy) is 1. The first kappa shape index (κ1) is 23.4. The van der Waals surface area contributed by atoms with Gasteiger partial charge in [-0.05, 0) is 54.8 Å². The summed E-state index contributed by atoms with van der Waals surface area (Å²) in [6.07, 6.45) is 2.73. The first-order chi connectivity index (χ1) is 14.4. The zero-order chi connectivity index (χ0) is 22.0. The lowest BCUT2D eigenvalue weighted by Gasteiger charge is -2.17. The molecule has 2 rings (SSSR count). The van der Waals surface area contributed by atoms with Gasteiger partial charge < -0.3 is 10.1 Å². The van der Waals surface area contributed by atoms with Gasteiger partial charge in [0.2, 0.25) is 15.9 Å². The summed E-state index contributed by atoms with van der Waals surface area (Å²) in [5.41, 5.74) is 1.42. The Hall–Kier alpha value is -2.89. The van der Waals surface area contributed by atoms with Crippen LogP contribution in [0.1, 0.15) is 30.9 Å². The minimum atomic E-state index is -3.80. The molecule has 160 valence electrons. The fraction of sp³-hybridized carbons (Fsp3) is 0.364. The maximum atomic E-state index is 12.5. The zero-order valence-corrected chi connectivity index (χ0v) is 18.1. The minimum absolute atomic E-state index is 0.0399. The third kappa shape index (κ3) is 6.87. The number of sulfonamides is 1. The number of hydrogen-bond acceptors (Lipinski definition) is 5. The van der Waals surface area contributed by atoms with Gasteiger partial charge in [-0.3, -0.25) is 4.79 Å². The van der Waals surface area contributed by atoms with Crippen LogP contribution in [0.3, 0.4) is 0 Å². The monoisotopic (exact) mass is 429 g/mol. The molecule has 0 fully saturated rings. The summed E-state index contributed by atoms with van der Waals surface area (Å²) >= 11 is 0. The number of rotatable bonds is 11. The van der Waals surface area contributed by atoms with Crippen LogP contribution in [0.5, 0.6) is 5.75 Å². The van der Waals surface area contributed by atoms with E-state index in [1.165, 1.54) is 31.3 Å². The molecule has 0 bridgehead atoms. The van der Waals surface area contributed by atoms with E-state index >= 15 is 0 Å². The Kier molecular flexibility index (Phi) is 8.84. The summed E-state index contributed by atoms with van der Waals surface area (Å²) in [5.74, 6) is 0.445. The van der Waals surface area contributed by atoms with Crippen LogP contribution in [0.25, 0.3) is 0 Å². The average molecular weight is 430 g/mol. The molecule has 0 spiro atoms. The van der Waals surface area contributed by atoms with Crippen molar-refractivity contribution < 1.29 is 17.9 Å². The highest BCUT2D eigenvalue weighted by Gasteiger charge is 2.22. The van der Waals surface area contributed by atoms with Crippen molar-refractivity contribution in [1.82, 2.24) is 9.62 Å². The van der Waals surface area contributed by atoms with Crippen molar-refractivity contribution in [2.24, 2.45) is 0 Å². The van der Waals surface area contributed by atoms with E-state index in [1.54, 1.807) is 0 Å². The normalized spacial score (nSPS) is 11.1. The third-order valence-electron chi connectivity index (χ3n) is 4.48. The molecular weight excluding hydrogens is 402 g/mol. The van der Waals surface area contributed by atoms with E-state index < -0.39 is 10.0 Å². The van der Waals surface area contributed by atoms with Gasteiger partial charge in [0.05, 0.1) is 29.7 Å². The third-order valence-corrected chi connectivity index (χ3v) is 6.30. The fourth-order valence-corrected chi connectivity index (χ4v) is 3.78. The van der Waals surface area contributed by atoms with Gasteiger partial charge in [-0.1, -0.05) is 25.5 Å². The van der Waals surface area contributed by atoms with Gasteiger partial charge in [-0.15, -0.1) is 0 Å². The molecule has 2 aromatic carbocycles. The molecule has 0 heterocycles. The average Bonchev–Trinajstić information content (AvgIpc) is 2.75. The summed E-state index contributed by atoms with van der Waals surface area (Å²) in [6.45, 7) is 2.93. The fourth-order valence-electron chi connectivity index (χ4n) is 2.66. The van der Waals surface area contributed by atoms with Crippen LogP contribution in [0, 0.1) is 11.3 Å². The zero-order valence-electron chi connectivity index (χ0n) is 17.3. The summed E-state index contributed by atoms with van der Waals surface area (Å²) < 4.78 is 31.7. The van der Waals surface area contributed by atoms with Crippen LogP contribution in [-0.2, 0) is 21.2 Å². The second kappa shape index (κ2) is 11.3. The number of benzene rings is 2. The molecule has 0 radical (unpaired) electrons. The van der Waals surface area contributed by atoms with Crippen molar-refractivity contribution >= 4 is 15.9 Å². The smallest absolute Gasteiger partial charge is 0.243 e. The lowest BCUT2D eigenvalue weighted by Crippen LogP contribution is -2.39. The lowest BCUT2D eigenvalue weighted by atomic mass is 10.1. The summed E-state index contributed by atoms with van der Waals surface area (Å²) in [5, 5.41) is 11.6. The maximum absolute atomic E-state index is 12.5. The van der Waals surface area contributed by atoms with Crippen LogP contribution in [0.15, 0.2) is 53.4 Å². The highest BCUT2D eigenvalue weighted by atomic mass is 32.2. The topological polar surface area (TPSA) is 99.5 Å². The van der Waals surface area contributed by atoms with E-state index in [2.05, 4.69) is 12.2 Å². The molecule has 30 heavy (non-hydrogen) atoms. The molecule has 1 N–H and O–H groups in total. The van der Waals surface area contributed by atoms with Gasteiger partial charge in [-0.2, -0.15) is 9.57 Å². The van der Waals surface area contributed by atoms with Crippen molar-refractivity contribution in [3.8, 4) is 11.8 Å². The molecule has 0 saturated carbocycles. The van der Waals surface area contributed by atoms with Crippen LogP contribution in [0.4, 0.5) is 0 Å². The predicted molar refractivity (Wildman–Crippen MR) is 115 cm³/mol. The molecule has 0 aromatic heterocycles. The lowest BCUT2D eigenvalue weighted by molar-refractivity contribution is -0.121. The number of nitrogens with one attached hydrogen (secondary N) is 1. The van der Waals surface area contributed by atoms with Gasteiger partial charge >= 0.3 is 0 Å². The molecule has 8 heteroatoms. The molecule has 7 nitrogen and oxygen atoms in total. The molecule has 0 saturated heterocycles. The summed E-state index contributed by atoms with van der Waals surface area (Å²) in [7, 11) is -2.45. The van der Waals surface area contributed by atoms with Gasteiger partial charge in [0.1, 0.15) is 5.75 Å². The number of likely N-dealkylation sites (N-methyl/N-ethyl adjacent to an activating group) is 1. The van der Waals surface area contributed by atoms with Crippen LogP contribution in [-0.4, -0.2) is 45.4 Å². The van der Waals surface area contributed by atoms with E-state index in [0.717, 1.165) is 28.5 Å². The number of unbranched alkanes of at least 4 members (excludes halogenated alkanes) is 1. The van der Waals surface area contributed by atoms with E-state index in [9.17, 15) is 13.2 Å². The number of hydrogen-bond donors (Lipinski definition) is 1. The van der Waals surface area contributed by atoms with E-state index in [1.807, 2.05) is 30.3 Å². The SMILES string of the molecule is CCCCOc1ccc(CCNC(=O)CN(C)S(=O)(=O)c2ccc(C#N)cc2)cc1. The Labute approximate surface area is 178 Å². The minimum Gasteiger partial charge on any atom is -0.494 e. The quantitative estimate of drug-likeness (QED) is 0.554. The van der Waals surface area contributed by atoms with E-state index in [-0.39, 0.29) is 17.3 Å². The van der Waals surface area contributed by atoms with Crippen LogP contribution in [0.2, 0.25) is 0 Å². The second-order valence-electron chi connectivity index (χ2n) is 6.84. The van der Waals surface area contributed by atoms with Crippen LogP contribution < -0.4 is 10.1 Å². The second-order valence-corrected chi connectivity index (χ2v) is 8.89. The molecule has 0 atom stereocenters. The van der Waals surface area contributed by atoms with E-state index in [4.69, 9.17) is 10.00 Å². The first-order valence-corrected chi connectivity index (χ1v) is 11.3. The standard InChI is InChI=1S/C22H27N3O4S/c1-3-4-15-29-20-9-5-18(6-10-20)13-14-24-22(26)17-25(2)30(27,28)21-11-7-19(16-23)8-12-21/h5-12H,3-4,13-15,17H2,1-2H3,(H,24,26). The number of carbonyl (C=O) groups is 1. The predicted octanol–water partition coefficient (Wildman–Crippen LogP) is 2.72. The number of nitriles is 1. The Morgan fingerprint density at radius 1 is 1.13 bits per heavy atom. The van der Waals surface area contributed by atoms with Crippen molar-refractivity contribution in [3.63, 3.8) is 0 Å².